The normalized spacial score (nSPS) is 11.5. The average molecular weight is 337 g/mol. The molecule has 0 heterocycles. The Morgan fingerprint density at radius 3 is 2.48 bits per heavy atom. The summed E-state index contributed by atoms with van der Waals surface area (Å²) in [7, 11) is 0. The van der Waals surface area contributed by atoms with E-state index in [2.05, 4.69) is 15.8 Å². The number of anilines is 1. The summed E-state index contributed by atoms with van der Waals surface area (Å²) in [4.78, 5) is 0. The molecule has 2 aromatic carbocycles. The van der Waals surface area contributed by atoms with Crippen LogP contribution >= 0.6 is 12.2 Å². The second kappa shape index (κ2) is 7.23. The lowest BCUT2D eigenvalue weighted by Crippen LogP contribution is -2.23. The zero-order valence-electron chi connectivity index (χ0n) is 12.2. The molecular formula is C16H14F3N3S. The van der Waals surface area contributed by atoms with Gasteiger partial charge in [-0.2, -0.15) is 18.3 Å². The molecule has 3 nitrogen and oxygen atoms in total. The van der Waals surface area contributed by atoms with E-state index in [1.165, 1.54) is 18.3 Å². The van der Waals surface area contributed by atoms with Crippen molar-refractivity contribution in [2.45, 2.75) is 13.1 Å². The molecule has 0 unspecified atom stereocenters. The average Bonchev–Trinajstić information content (AvgIpc) is 2.49. The van der Waals surface area contributed by atoms with E-state index in [1.807, 2.05) is 31.2 Å². The predicted octanol–water partition coefficient (Wildman–Crippen LogP) is 4.33. The first-order valence-corrected chi connectivity index (χ1v) is 7.09. The van der Waals surface area contributed by atoms with Crippen LogP contribution in [0.15, 0.2) is 53.6 Å². The summed E-state index contributed by atoms with van der Waals surface area (Å²) in [6, 6.07) is 12.5. The molecule has 0 saturated carbocycles. The van der Waals surface area contributed by atoms with Gasteiger partial charge in [-0.15, -0.1) is 0 Å². The Morgan fingerprint density at radius 1 is 1.13 bits per heavy atom. The van der Waals surface area contributed by atoms with Gasteiger partial charge in [-0.25, -0.2) is 0 Å². The molecule has 0 bridgehead atoms. The number of thiocarbonyl (C=S) groups is 1. The minimum Gasteiger partial charge on any atom is -0.331 e. The summed E-state index contributed by atoms with van der Waals surface area (Å²) >= 11 is 5.05. The number of hydrogen-bond donors (Lipinski definition) is 2. The van der Waals surface area contributed by atoms with Crippen molar-refractivity contribution in [2.24, 2.45) is 5.10 Å². The SMILES string of the molecule is Cc1ccc(NC(=S)NN=Cc2cccc(C(F)(F)F)c2)cc1. The van der Waals surface area contributed by atoms with Crippen LogP contribution in [0.5, 0.6) is 0 Å². The number of nitrogens with one attached hydrogen (secondary N) is 2. The zero-order chi connectivity index (χ0) is 16.9. The quantitative estimate of drug-likeness (QED) is 0.497. The van der Waals surface area contributed by atoms with Gasteiger partial charge in [-0.1, -0.05) is 29.8 Å². The number of alkyl halides is 3. The Hall–Kier alpha value is -2.41. The molecule has 0 saturated heterocycles. The highest BCUT2D eigenvalue weighted by molar-refractivity contribution is 7.80. The number of hydrazone groups is 1. The van der Waals surface area contributed by atoms with E-state index in [0.717, 1.165) is 23.4 Å². The van der Waals surface area contributed by atoms with Crippen LogP contribution in [-0.2, 0) is 6.18 Å². The third-order valence-corrected chi connectivity index (χ3v) is 3.10. The van der Waals surface area contributed by atoms with Gasteiger partial charge < -0.3 is 5.32 Å². The zero-order valence-corrected chi connectivity index (χ0v) is 13.0. The van der Waals surface area contributed by atoms with Crippen molar-refractivity contribution in [3.63, 3.8) is 0 Å². The lowest BCUT2D eigenvalue weighted by atomic mass is 10.1. The van der Waals surface area contributed by atoms with Gasteiger partial charge in [0.15, 0.2) is 5.11 Å². The van der Waals surface area contributed by atoms with Crippen LogP contribution in [0.1, 0.15) is 16.7 Å². The number of halogens is 3. The highest BCUT2D eigenvalue weighted by Gasteiger charge is 2.30. The Labute approximate surface area is 137 Å². The molecule has 23 heavy (non-hydrogen) atoms. The van der Waals surface area contributed by atoms with Gasteiger partial charge >= 0.3 is 6.18 Å². The monoisotopic (exact) mass is 337 g/mol. The molecule has 0 spiro atoms. The van der Waals surface area contributed by atoms with Crippen molar-refractivity contribution in [3.05, 3.63) is 65.2 Å². The minimum atomic E-state index is -4.38. The molecule has 120 valence electrons. The van der Waals surface area contributed by atoms with Gasteiger partial charge in [0.05, 0.1) is 11.8 Å². The Kier molecular flexibility index (Phi) is 5.33. The summed E-state index contributed by atoms with van der Waals surface area (Å²) in [6.45, 7) is 1.97. The molecule has 2 rings (SSSR count). The first-order valence-electron chi connectivity index (χ1n) is 6.68. The van der Waals surface area contributed by atoms with Gasteiger partial charge in [0.25, 0.3) is 0 Å². The second-order valence-electron chi connectivity index (χ2n) is 4.81. The number of aryl methyl sites for hydroxylation is 1. The van der Waals surface area contributed by atoms with E-state index in [4.69, 9.17) is 12.2 Å². The molecule has 0 aliphatic rings. The molecule has 0 fully saturated rings. The first kappa shape index (κ1) is 17.0. The number of nitrogens with zero attached hydrogens (tertiary/aromatic N) is 1. The van der Waals surface area contributed by atoms with Gasteiger partial charge in [0, 0.05) is 5.69 Å². The van der Waals surface area contributed by atoms with Crippen LogP contribution in [-0.4, -0.2) is 11.3 Å². The molecule has 0 atom stereocenters. The topological polar surface area (TPSA) is 36.4 Å². The fourth-order valence-corrected chi connectivity index (χ4v) is 1.93. The molecule has 0 aliphatic carbocycles. The summed E-state index contributed by atoms with van der Waals surface area (Å²) < 4.78 is 37.8. The molecule has 7 heteroatoms. The van der Waals surface area contributed by atoms with E-state index in [1.54, 1.807) is 0 Å². The highest BCUT2D eigenvalue weighted by Crippen LogP contribution is 2.29. The smallest absolute Gasteiger partial charge is 0.331 e. The first-order chi connectivity index (χ1) is 10.8. The lowest BCUT2D eigenvalue weighted by Gasteiger charge is -2.08. The van der Waals surface area contributed by atoms with E-state index in [-0.39, 0.29) is 5.11 Å². The largest absolute Gasteiger partial charge is 0.416 e. The Morgan fingerprint density at radius 2 is 1.83 bits per heavy atom. The third kappa shape index (κ3) is 5.37. The Balaban J connectivity index is 1.93. The van der Waals surface area contributed by atoms with E-state index in [0.29, 0.717) is 5.56 Å². The standard InChI is InChI=1S/C16H14F3N3S/c1-11-5-7-14(8-6-11)21-15(23)22-20-10-12-3-2-4-13(9-12)16(17,18)19/h2-10H,1H3,(H2,21,22,23). The molecular weight excluding hydrogens is 323 g/mol. The van der Waals surface area contributed by atoms with E-state index >= 15 is 0 Å². The molecule has 0 aromatic heterocycles. The van der Waals surface area contributed by atoms with Crippen molar-refractivity contribution >= 4 is 29.2 Å². The van der Waals surface area contributed by atoms with Crippen LogP contribution in [0.4, 0.5) is 18.9 Å². The fraction of sp³-hybridized carbons (Fsp3) is 0.125. The Bertz CT molecular complexity index is 709. The van der Waals surface area contributed by atoms with E-state index < -0.39 is 11.7 Å². The van der Waals surface area contributed by atoms with Gasteiger partial charge in [-0.3, -0.25) is 5.43 Å². The molecule has 2 N–H and O–H groups in total. The summed E-state index contributed by atoms with van der Waals surface area (Å²) in [5, 5.41) is 7.00. The van der Waals surface area contributed by atoms with Crippen molar-refractivity contribution in [2.75, 3.05) is 5.32 Å². The van der Waals surface area contributed by atoms with Crippen LogP contribution in [0.25, 0.3) is 0 Å². The third-order valence-electron chi connectivity index (χ3n) is 2.90. The number of rotatable bonds is 3. The maximum absolute atomic E-state index is 12.6. The molecule has 0 radical (unpaired) electrons. The van der Waals surface area contributed by atoms with Crippen LogP contribution in [0, 0.1) is 6.92 Å². The van der Waals surface area contributed by atoms with Crippen LogP contribution in [0.2, 0.25) is 0 Å². The maximum Gasteiger partial charge on any atom is 0.416 e. The van der Waals surface area contributed by atoms with Crippen molar-refractivity contribution in [3.8, 4) is 0 Å². The van der Waals surface area contributed by atoms with Crippen molar-refractivity contribution in [1.82, 2.24) is 5.43 Å². The molecule has 2 aromatic rings. The summed E-state index contributed by atoms with van der Waals surface area (Å²) in [6.07, 6.45) is -3.10. The predicted molar refractivity (Wildman–Crippen MR) is 89.6 cm³/mol. The molecule has 0 amide bonds. The minimum absolute atomic E-state index is 0.247. The fourth-order valence-electron chi connectivity index (χ4n) is 1.76. The van der Waals surface area contributed by atoms with Gasteiger partial charge in [0.1, 0.15) is 0 Å². The van der Waals surface area contributed by atoms with Crippen LogP contribution in [0.3, 0.4) is 0 Å². The van der Waals surface area contributed by atoms with Gasteiger partial charge in [0.2, 0.25) is 0 Å². The summed E-state index contributed by atoms with van der Waals surface area (Å²) in [5.41, 5.74) is 4.08. The maximum atomic E-state index is 12.6. The lowest BCUT2D eigenvalue weighted by molar-refractivity contribution is -0.137. The van der Waals surface area contributed by atoms with Crippen molar-refractivity contribution in [1.29, 1.82) is 0 Å². The molecule has 0 aliphatic heterocycles. The van der Waals surface area contributed by atoms with E-state index in [9.17, 15) is 13.2 Å². The summed E-state index contributed by atoms with van der Waals surface area (Å²) in [5.74, 6) is 0. The number of benzene rings is 2. The second-order valence-corrected chi connectivity index (χ2v) is 5.22. The number of hydrogen-bond acceptors (Lipinski definition) is 2. The highest BCUT2D eigenvalue weighted by atomic mass is 32.1. The van der Waals surface area contributed by atoms with Crippen molar-refractivity contribution < 1.29 is 13.2 Å². The van der Waals surface area contributed by atoms with Crippen LogP contribution < -0.4 is 10.7 Å². The van der Waals surface area contributed by atoms with Gasteiger partial charge in [-0.05, 0) is 49.0 Å².